The standard InChI is InChI=1S/C20H20F3N5O/c21-20(22,23)13-4-1-3-12(9-13)17-25-15(11-6-7-11)16-18(26-17)28(19(24)29)14-5-2-8-27(16)10-14/h1,3-4,9,11,14H,2,5-8,10H2,(H2,24,29). The first kappa shape index (κ1) is 18.2. The minimum absolute atomic E-state index is 0.0786. The molecule has 3 aliphatic rings. The molecule has 0 spiro atoms. The topological polar surface area (TPSA) is 75.4 Å². The van der Waals surface area contributed by atoms with Crippen LogP contribution in [0.25, 0.3) is 11.4 Å². The summed E-state index contributed by atoms with van der Waals surface area (Å²) in [6.07, 6.45) is -0.752. The average Bonchev–Trinajstić information content (AvgIpc) is 3.52. The number of amides is 2. The van der Waals surface area contributed by atoms with Gasteiger partial charge in [0.2, 0.25) is 0 Å². The van der Waals surface area contributed by atoms with Crippen molar-refractivity contribution in [1.82, 2.24) is 9.97 Å². The summed E-state index contributed by atoms with van der Waals surface area (Å²) in [6, 6.07) is 4.32. The molecule has 0 radical (unpaired) electrons. The maximum atomic E-state index is 13.2. The molecule has 29 heavy (non-hydrogen) atoms. The Morgan fingerprint density at radius 1 is 1.17 bits per heavy atom. The fourth-order valence-electron chi connectivity index (χ4n) is 4.36. The van der Waals surface area contributed by atoms with Crippen molar-refractivity contribution in [3.05, 3.63) is 35.5 Å². The Hall–Kier alpha value is -2.84. The number of nitrogens with two attached hydrogens (primary N) is 1. The lowest BCUT2D eigenvalue weighted by atomic mass is 9.98. The van der Waals surface area contributed by atoms with Gasteiger partial charge >= 0.3 is 12.2 Å². The first-order valence-electron chi connectivity index (χ1n) is 9.76. The summed E-state index contributed by atoms with van der Waals surface area (Å²) in [6.45, 7) is 1.53. The van der Waals surface area contributed by atoms with E-state index < -0.39 is 17.8 Å². The van der Waals surface area contributed by atoms with Gasteiger partial charge in [-0.25, -0.2) is 14.8 Å². The molecule has 1 aromatic heterocycles. The summed E-state index contributed by atoms with van der Waals surface area (Å²) in [5, 5.41) is 0. The Labute approximate surface area is 165 Å². The third-order valence-corrected chi connectivity index (χ3v) is 5.85. The fourth-order valence-corrected chi connectivity index (χ4v) is 4.36. The number of aromatic nitrogens is 2. The summed E-state index contributed by atoms with van der Waals surface area (Å²) < 4.78 is 39.5. The molecule has 2 aromatic rings. The van der Waals surface area contributed by atoms with E-state index in [1.807, 2.05) is 0 Å². The molecule has 2 N–H and O–H groups in total. The van der Waals surface area contributed by atoms with Crippen LogP contribution in [0.3, 0.4) is 0 Å². The number of nitrogens with zero attached hydrogens (tertiary/aromatic N) is 4. The summed E-state index contributed by atoms with van der Waals surface area (Å²) in [5.41, 5.74) is 6.84. The minimum Gasteiger partial charge on any atom is -0.365 e. The largest absolute Gasteiger partial charge is 0.416 e. The number of primary amides is 1. The Morgan fingerprint density at radius 2 is 1.97 bits per heavy atom. The van der Waals surface area contributed by atoms with Gasteiger partial charge in [-0.15, -0.1) is 0 Å². The molecule has 1 unspecified atom stereocenters. The van der Waals surface area contributed by atoms with E-state index in [0.29, 0.717) is 12.4 Å². The Balaban J connectivity index is 1.70. The number of benzene rings is 1. The molecule has 2 amide bonds. The van der Waals surface area contributed by atoms with Gasteiger partial charge in [0.15, 0.2) is 11.6 Å². The van der Waals surface area contributed by atoms with E-state index in [1.54, 1.807) is 6.07 Å². The van der Waals surface area contributed by atoms with Crippen molar-refractivity contribution in [2.75, 3.05) is 22.9 Å². The first-order valence-corrected chi connectivity index (χ1v) is 9.76. The van der Waals surface area contributed by atoms with Crippen LogP contribution in [0, 0.1) is 0 Å². The van der Waals surface area contributed by atoms with E-state index in [4.69, 9.17) is 5.73 Å². The molecule has 2 fully saturated rings. The van der Waals surface area contributed by atoms with Crippen LogP contribution in [0.5, 0.6) is 0 Å². The highest BCUT2D eigenvalue weighted by atomic mass is 19.4. The zero-order chi connectivity index (χ0) is 20.3. The number of hydrogen-bond donors (Lipinski definition) is 1. The number of piperidine rings is 1. The van der Waals surface area contributed by atoms with Gasteiger partial charge in [0, 0.05) is 24.6 Å². The van der Waals surface area contributed by atoms with Crippen LogP contribution >= 0.6 is 0 Å². The average molecular weight is 403 g/mol. The van der Waals surface area contributed by atoms with Crippen molar-refractivity contribution < 1.29 is 18.0 Å². The van der Waals surface area contributed by atoms with Crippen LogP contribution in [0.4, 0.5) is 29.5 Å². The lowest BCUT2D eigenvalue weighted by Crippen LogP contribution is -2.57. The van der Waals surface area contributed by atoms with Crippen LogP contribution in [-0.2, 0) is 6.18 Å². The van der Waals surface area contributed by atoms with E-state index >= 15 is 0 Å². The highest BCUT2D eigenvalue weighted by Gasteiger charge is 2.42. The molecule has 9 heteroatoms. The van der Waals surface area contributed by atoms with Crippen molar-refractivity contribution in [2.45, 2.75) is 43.8 Å². The van der Waals surface area contributed by atoms with E-state index in [1.165, 1.54) is 11.0 Å². The van der Waals surface area contributed by atoms with Crippen LogP contribution in [0.2, 0.25) is 0 Å². The maximum Gasteiger partial charge on any atom is 0.416 e. The lowest BCUT2D eigenvalue weighted by Gasteiger charge is -2.46. The highest BCUT2D eigenvalue weighted by molar-refractivity contribution is 5.96. The van der Waals surface area contributed by atoms with Gasteiger partial charge in [0.1, 0.15) is 5.69 Å². The third kappa shape index (κ3) is 3.08. The second-order valence-electron chi connectivity index (χ2n) is 7.91. The van der Waals surface area contributed by atoms with Crippen molar-refractivity contribution in [3.63, 3.8) is 0 Å². The van der Waals surface area contributed by atoms with E-state index in [2.05, 4.69) is 14.9 Å². The molecular formula is C20H20F3N5O. The molecule has 2 aliphatic heterocycles. The number of urea groups is 1. The number of rotatable bonds is 2. The van der Waals surface area contributed by atoms with Gasteiger partial charge in [0.05, 0.1) is 17.3 Å². The number of carbonyl (C=O) groups is 1. The second kappa shape index (κ2) is 6.33. The summed E-state index contributed by atoms with van der Waals surface area (Å²) >= 11 is 0. The molecule has 3 heterocycles. The molecule has 152 valence electrons. The van der Waals surface area contributed by atoms with Gasteiger partial charge in [0.25, 0.3) is 0 Å². The zero-order valence-corrected chi connectivity index (χ0v) is 15.6. The highest BCUT2D eigenvalue weighted by Crippen LogP contribution is 2.49. The van der Waals surface area contributed by atoms with Crippen molar-refractivity contribution in [3.8, 4) is 11.4 Å². The zero-order valence-electron chi connectivity index (χ0n) is 15.6. The number of alkyl halides is 3. The second-order valence-corrected chi connectivity index (χ2v) is 7.91. The van der Waals surface area contributed by atoms with Crippen molar-refractivity contribution in [2.24, 2.45) is 5.73 Å². The predicted octanol–water partition coefficient (Wildman–Crippen LogP) is 3.91. The molecule has 5 rings (SSSR count). The molecule has 2 bridgehead atoms. The molecular weight excluding hydrogens is 383 g/mol. The SMILES string of the molecule is NC(=O)N1c2nc(-c3cccc(C(F)(F)F)c3)nc(C3CC3)c2N2CCCC1C2. The summed E-state index contributed by atoms with van der Waals surface area (Å²) in [4.78, 5) is 25.2. The summed E-state index contributed by atoms with van der Waals surface area (Å²) in [5.74, 6) is 0.867. The quantitative estimate of drug-likeness (QED) is 0.825. The summed E-state index contributed by atoms with van der Waals surface area (Å²) in [7, 11) is 0. The molecule has 1 aliphatic carbocycles. The van der Waals surface area contributed by atoms with E-state index in [-0.39, 0.29) is 23.3 Å². The van der Waals surface area contributed by atoms with E-state index in [9.17, 15) is 18.0 Å². The molecule has 1 atom stereocenters. The molecule has 1 saturated carbocycles. The molecule has 1 saturated heterocycles. The van der Waals surface area contributed by atoms with Crippen molar-refractivity contribution in [1.29, 1.82) is 0 Å². The van der Waals surface area contributed by atoms with Crippen LogP contribution in [0.15, 0.2) is 24.3 Å². The first-order chi connectivity index (χ1) is 13.8. The van der Waals surface area contributed by atoms with Gasteiger partial charge in [-0.1, -0.05) is 12.1 Å². The Kier molecular flexibility index (Phi) is 3.97. The lowest BCUT2D eigenvalue weighted by molar-refractivity contribution is -0.137. The van der Waals surface area contributed by atoms with E-state index in [0.717, 1.165) is 55.7 Å². The molecule has 6 nitrogen and oxygen atoms in total. The Bertz CT molecular complexity index is 989. The van der Waals surface area contributed by atoms with Gasteiger partial charge < -0.3 is 10.6 Å². The van der Waals surface area contributed by atoms with Gasteiger partial charge in [-0.05, 0) is 37.8 Å². The minimum atomic E-state index is -4.45. The number of hydrogen-bond acceptors (Lipinski definition) is 4. The number of halogens is 3. The van der Waals surface area contributed by atoms with Gasteiger partial charge in [-0.2, -0.15) is 13.2 Å². The monoisotopic (exact) mass is 403 g/mol. The Morgan fingerprint density at radius 3 is 2.66 bits per heavy atom. The third-order valence-electron chi connectivity index (χ3n) is 5.85. The van der Waals surface area contributed by atoms with Crippen LogP contribution < -0.4 is 15.5 Å². The van der Waals surface area contributed by atoms with Gasteiger partial charge in [-0.3, -0.25) is 4.90 Å². The predicted molar refractivity (Wildman–Crippen MR) is 102 cm³/mol. The number of anilines is 2. The van der Waals surface area contributed by atoms with Crippen LogP contribution in [0.1, 0.15) is 42.9 Å². The van der Waals surface area contributed by atoms with Crippen LogP contribution in [-0.4, -0.2) is 35.1 Å². The normalized spacial score (nSPS) is 21.1. The maximum absolute atomic E-state index is 13.2. The molecule has 1 aromatic carbocycles. The smallest absolute Gasteiger partial charge is 0.365 e. The van der Waals surface area contributed by atoms with Crippen molar-refractivity contribution >= 4 is 17.5 Å². The fraction of sp³-hybridized carbons (Fsp3) is 0.450. The number of fused-ring (bicyclic) bond motifs is 4. The number of carbonyl (C=O) groups excluding carboxylic acids is 1.